The Hall–Kier alpha value is -1.58. The van der Waals surface area contributed by atoms with Crippen LogP contribution in [0.3, 0.4) is 0 Å². The van der Waals surface area contributed by atoms with Crippen molar-refractivity contribution in [2.45, 2.75) is 26.2 Å². The highest BCUT2D eigenvalue weighted by molar-refractivity contribution is 5.99. The summed E-state index contributed by atoms with van der Waals surface area (Å²) >= 11 is 0. The van der Waals surface area contributed by atoms with E-state index in [-0.39, 0.29) is 11.5 Å². The molecule has 2 atom stereocenters. The number of nitrogens with two attached hydrogens (primary N) is 1. The topological polar surface area (TPSA) is 55.1 Å². The maximum Gasteiger partial charge on any atom is 0.253 e. The van der Waals surface area contributed by atoms with E-state index >= 15 is 0 Å². The third kappa shape index (κ3) is 2.81. The smallest absolute Gasteiger partial charge is 0.253 e. The van der Waals surface area contributed by atoms with Gasteiger partial charge in [0.2, 0.25) is 0 Å². The van der Waals surface area contributed by atoms with Gasteiger partial charge in [0.1, 0.15) is 5.82 Å². The minimum Gasteiger partial charge on any atom is -0.398 e. The van der Waals surface area contributed by atoms with Crippen molar-refractivity contribution in [3.8, 4) is 0 Å². The standard InChI is InChI=1S/C14H19FN2O/c1-9-3-2-4-10(9)8-17-14(18)12-7-11(15)5-6-13(12)16/h5-7,9-10H,2-4,8,16H2,1H3,(H,17,18). The monoisotopic (exact) mass is 250 g/mol. The molecule has 1 amide bonds. The summed E-state index contributed by atoms with van der Waals surface area (Å²) in [5.41, 5.74) is 6.21. The maximum atomic E-state index is 13.1. The van der Waals surface area contributed by atoms with Crippen molar-refractivity contribution in [3.63, 3.8) is 0 Å². The zero-order valence-electron chi connectivity index (χ0n) is 10.6. The quantitative estimate of drug-likeness (QED) is 0.810. The van der Waals surface area contributed by atoms with Crippen molar-refractivity contribution in [2.24, 2.45) is 11.8 Å². The number of carbonyl (C=O) groups is 1. The number of nitrogens with one attached hydrogen (secondary N) is 1. The molecule has 3 nitrogen and oxygen atoms in total. The minimum atomic E-state index is -0.441. The molecule has 0 saturated heterocycles. The van der Waals surface area contributed by atoms with Crippen molar-refractivity contribution in [2.75, 3.05) is 12.3 Å². The lowest BCUT2D eigenvalue weighted by atomic mass is 9.98. The number of hydrogen-bond donors (Lipinski definition) is 2. The fourth-order valence-corrected chi connectivity index (χ4v) is 2.57. The van der Waals surface area contributed by atoms with Gasteiger partial charge >= 0.3 is 0 Å². The van der Waals surface area contributed by atoms with Crippen LogP contribution in [0.5, 0.6) is 0 Å². The molecule has 1 fully saturated rings. The number of benzene rings is 1. The molecule has 1 saturated carbocycles. The van der Waals surface area contributed by atoms with Crippen LogP contribution in [0.2, 0.25) is 0 Å². The summed E-state index contributed by atoms with van der Waals surface area (Å²) in [4.78, 5) is 11.9. The molecule has 18 heavy (non-hydrogen) atoms. The van der Waals surface area contributed by atoms with Crippen LogP contribution in [-0.2, 0) is 0 Å². The molecule has 98 valence electrons. The summed E-state index contributed by atoms with van der Waals surface area (Å²) < 4.78 is 13.1. The Labute approximate surface area is 107 Å². The molecule has 1 aromatic rings. The zero-order valence-corrected chi connectivity index (χ0v) is 10.6. The normalized spacial score (nSPS) is 23.0. The summed E-state index contributed by atoms with van der Waals surface area (Å²) in [5.74, 6) is 0.452. The lowest BCUT2D eigenvalue weighted by molar-refractivity contribution is 0.0945. The third-order valence-electron chi connectivity index (χ3n) is 3.82. The van der Waals surface area contributed by atoms with Crippen molar-refractivity contribution >= 4 is 11.6 Å². The number of rotatable bonds is 3. The van der Waals surface area contributed by atoms with Gasteiger partial charge in [0.05, 0.1) is 5.56 Å². The van der Waals surface area contributed by atoms with Crippen LogP contribution >= 0.6 is 0 Å². The molecular formula is C14H19FN2O. The molecule has 0 aromatic heterocycles. The molecule has 0 spiro atoms. The average Bonchev–Trinajstić information content (AvgIpc) is 2.75. The number of nitrogen functional groups attached to an aromatic ring is 1. The van der Waals surface area contributed by atoms with E-state index in [4.69, 9.17) is 5.73 Å². The summed E-state index contributed by atoms with van der Waals surface area (Å²) in [6, 6.07) is 3.86. The molecule has 4 heteroatoms. The molecule has 2 unspecified atom stereocenters. The Morgan fingerprint density at radius 2 is 2.28 bits per heavy atom. The first-order valence-corrected chi connectivity index (χ1v) is 6.41. The van der Waals surface area contributed by atoms with Crippen LogP contribution in [0.1, 0.15) is 36.5 Å². The second-order valence-corrected chi connectivity index (χ2v) is 5.11. The Balaban J connectivity index is 1.97. The van der Waals surface area contributed by atoms with Crippen molar-refractivity contribution in [1.82, 2.24) is 5.32 Å². The molecule has 2 rings (SSSR count). The van der Waals surface area contributed by atoms with Gasteiger partial charge in [0.15, 0.2) is 0 Å². The summed E-state index contributed by atoms with van der Waals surface area (Å²) in [6.45, 7) is 2.86. The van der Waals surface area contributed by atoms with E-state index in [1.165, 1.54) is 31.0 Å². The van der Waals surface area contributed by atoms with Gasteiger partial charge in [-0.05, 0) is 36.5 Å². The number of halogens is 1. The number of amides is 1. The van der Waals surface area contributed by atoms with Crippen LogP contribution in [0.15, 0.2) is 18.2 Å². The van der Waals surface area contributed by atoms with Crippen LogP contribution in [0, 0.1) is 17.7 Å². The van der Waals surface area contributed by atoms with E-state index in [0.29, 0.717) is 24.1 Å². The second-order valence-electron chi connectivity index (χ2n) is 5.11. The van der Waals surface area contributed by atoms with E-state index in [0.717, 1.165) is 6.42 Å². The molecule has 0 bridgehead atoms. The molecule has 1 aromatic carbocycles. The molecule has 0 heterocycles. The van der Waals surface area contributed by atoms with Gasteiger partial charge in [-0.3, -0.25) is 4.79 Å². The Morgan fingerprint density at radius 1 is 1.50 bits per heavy atom. The molecule has 0 aliphatic heterocycles. The van der Waals surface area contributed by atoms with E-state index < -0.39 is 5.82 Å². The van der Waals surface area contributed by atoms with Crippen molar-refractivity contribution in [1.29, 1.82) is 0 Å². The number of carbonyl (C=O) groups excluding carboxylic acids is 1. The number of anilines is 1. The largest absolute Gasteiger partial charge is 0.398 e. The molecule has 1 aliphatic rings. The lowest BCUT2D eigenvalue weighted by Gasteiger charge is -2.16. The van der Waals surface area contributed by atoms with E-state index in [9.17, 15) is 9.18 Å². The first-order chi connectivity index (χ1) is 8.58. The van der Waals surface area contributed by atoms with Gasteiger partial charge in [-0.25, -0.2) is 4.39 Å². The van der Waals surface area contributed by atoms with Gasteiger partial charge < -0.3 is 11.1 Å². The van der Waals surface area contributed by atoms with Crippen molar-refractivity contribution < 1.29 is 9.18 Å². The maximum absolute atomic E-state index is 13.1. The van der Waals surface area contributed by atoms with E-state index in [1.54, 1.807) is 0 Å². The van der Waals surface area contributed by atoms with Gasteiger partial charge in [-0.2, -0.15) is 0 Å². The molecule has 3 N–H and O–H groups in total. The zero-order chi connectivity index (χ0) is 13.1. The van der Waals surface area contributed by atoms with E-state index in [1.807, 2.05) is 0 Å². The predicted octanol–water partition coefficient (Wildman–Crippen LogP) is 2.57. The minimum absolute atomic E-state index is 0.223. The highest BCUT2D eigenvalue weighted by Crippen LogP contribution is 2.30. The Morgan fingerprint density at radius 3 is 2.94 bits per heavy atom. The Kier molecular flexibility index (Phi) is 3.84. The van der Waals surface area contributed by atoms with Crippen LogP contribution in [0.4, 0.5) is 10.1 Å². The lowest BCUT2D eigenvalue weighted by Crippen LogP contribution is -2.30. The first kappa shape index (κ1) is 12.9. The highest BCUT2D eigenvalue weighted by Gasteiger charge is 2.24. The summed E-state index contributed by atoms with van der Waals surface area (Å²) in [6.07, 6.45) is 3.60. The van der Waals surface area contributed by atoms with Gasteiger partial charge in [0, 0.05) is 12.2 Å². The fraction of sp³-hybridized carbons (Fsp3) is 0.500. The molecule has 0 radical (unpaired) electrons. The first-order valence-electron chi connectivity index (χ1n) is 6.41. The van der Waals surface area contributed by atoms with Gasteiger partial charge in [-0.1, -0.05) is 19.8 Å². The molecular weight excluding hydrogens is 231 g/mol. The number of hydrogen-bond acceptors (Lipinski definition) is 2. The van der Waals surface area contributed by atoms with Gasteiger partial charge in [0.25, 0.3) is 5.91 Å². The third-order valence-corrected chi connectivity index (χ3v) is 3.82. The molecule has 1 aliphatic carbocycles. The predicted molar refractivity (Wildman–Crippen MR) is 69.7 cm³/mol. The van der Waals surface area contributed by atoms with Crippen molar-refractivity contribution in [3.05, 3.63) is 29.6 Å². The summed E-state index contributed by atoms with van der Waals surface area (Å²) in [5, 5.41) is 2.85. The van der Waals surface area contributed by atoms with Crippen LogP contribution in [-0.4, -0.2) is 12.5 Å². The highest BCUT2D eigenvalue weighted by atomic mass is 19.1. The Bertz CT molecular complexity index is 447. The average molecular weight is 250 g/mol. The summed E-state index contributed by atoms with van der Waals surface area (Å²) in [7, 11) is 0. The van der Waals surface area contributed by atoms with E-state index in [2.05, 4.69) is 12.2 Å². The second kappa shape index (κ2) is 5.38. The fourth-order valence-electron chi connectivity index (χ4n) is 2.57. The van der Waals surface area contributed by atoms with Gasteiger partial charge in [-0.15, -0.1) is 0 Å². The SMILES string of the molecule is CC1CCCC1CNC(=O)c1cc(F)ccc1N. The van der Waals surface area contributed by atoms with Crippen LogP contribution in [0.25, 0.3) is 0 Å². The van der Waals surface area contributed by atoms with Crippen LogP contribution < -0.4 is 11.1 Å².